The van der Waals surface area contributed by atoms with Gasteiger partial charge in [-0.15, -0.1) is 0 Å². The number of nitrogens with one attached hydrogen (secondary N) is 2. The summed E-state index contributed by atoms with van der Waals surface area (Å²) in [4.78, 5) is 16.7. The van der Waals surface area contributed by atoms with Gasteiger partial charge in [0.25, 0.3) is 0 Å². The lowest BCUT2D eigenvalue weighted by atomic mass is 9.96. The largest absolute Gasteiger partial charge is 0.334 e. The number of pyridine rings is 1. The SMILES string of the molecule is Cc1cccc(NC(=O)NCc2ccc(-c3ccccc3)c3ccncc23)c1C. The molecule has 0 aliphatic rings. The lowest BCUT2D eigenvalue weighted by Crippen LogP contribution is -2.28. The van der Waals surface area contributed by atoms with Crippen LogP contribution in [0, 0.1) is 13.8 Å². The van der Waals surface area contributed by atoms with E-state index in [-0.39, 0.29) is 6.03 Å². The van der Waals surface area contributed by atoms with E-state index in [9.17, 15) is 4.79 Å². The average molecular weight is 381 g/mol. The molecule has 0 saturated carbocycles. The van der Waals surface area contributed by atoms with Crippen LogP contribution in [0.5, 0.6) is 0 Å². The highest BCUT2D eigenvalue weighted by atomic mass is 16.2. The summed E-state index contributed by atoms with van der Waals surface area (Å²) in [5.74, 6) is 0. The van der Waals surface area contributed by atoms with E-state index in [4.69, 9.17) is 0 Å². The van der Waals surface area contributed by atoms with Crippen molar-refractivity contribution in [3.63, 3.8) is 0 Å². The zero-order chi connectivity index (χ0) is 20.2. The summed E-state index contributed by atoms with van der Waals surface area (Å²) in [6.45, 7) is 4.46. The molecular formula is C25H23N3O. The van der Waals surface area contributed by atoms with Crippen molar-refractivity contribution in [3.05, 3.63) is 95.8 Å². The van der Waals surface area contributed by atoms with Crippen LogP contribution in [-0.4, -0.2) is 11.0 Å². The van der Waals surface area contributed by atoms with E-state index in [1.165, 1.54) is 0 Å². The predicted molar refractivity (Wildman–Crippen MR) is 119 cm³/mol. The second-order valence-electron chi connectivity index (χ2n) is 7.11. The van der Waals surface area contributed by atoms with Crippen LogP contribution in [0.15, 0.2) is 79.1 Å². The Morgan fingerprint density at radius 1 is 0.897 bits per heavy atom. The number of hydrogen-bond donors (Lipinski definition) is 2. The number of urea groups is 1. The molecule has 0 fully saturated rings. The fourth-order valence-corrected chi connectivity index (χ4v) is 3.50. The molecule has 4 aromatic rings. The molecule has 0 saturated heterocycles. The minimum atomic E-state index is -0.220. The van der Waals surface area contributed by atoms with E-state index in [0.29, 0.717) is 6.54 Å². The Morgan fingerprint density at radius 2 is 1.72 bits per heavy atom. The van der Waals surface area contributed by atoms with Crippen molar-refractivity contribution < 1.29 is 4.79 Å². The zero-order valence-corrected chi connectivity index (χ0v) is 16.6. The topological polar surface area (TPSA) is 54.0 Å². The zero-order valence-electron chi connectivity index (χ0n) is 16.6. The van der Waals surface area contributed by atoms with Crippen LogP contribution in [0.25, 0.3) is 21.9 Å². The van der Waals surface area contributed by atoms with Crippen LogP contribution in [-0.2, 0) is 6.54 Å². The summed E-state index contributed by atoms with van der Waals surface area (Å²) >= 11 is 0. The van der Waals surface area contributed by atoms with Crippen molar-refractivity contribution in [1.29, 1.82) is 0 Å². The standard InChI is InChI=1S/C25H23N3O/c1-17-7-6-10-24(18(17)2)28-25(29)27-15-20-11-12-21(19-8-4-3-5-9-19)22-13-14-26-16-23(20)22/h3-14,16H,15H2,1-2H3,(H2,27,28,29). The normalized spacial score (nSPS) is 10.7. The van der Waals surface area contributed by atoms with E-state index in [1.807, 2.05) is 62.5 Å². The van der Waals surface area contributed by atoms with Crippen molar-refractivity contribution in [1.82, 2.24) is 10.3 Å². The molecule has 2 amide bonds. The first-order valence-corrected chi connectivity index (χ1v) is 9.65. The van der Waals surface area contributed by atoms with Crippen molar-refractivity contribution in [2.24, 2.45) is 0 Å². The number of rotatable bonds is 4. The second-order valence-corrected chi connectivity index (χ2v) is 7.11. The molecule has 0 spiro atoms. The Labute approximate surface area is 170 Å². The monoisotopic (exact) mass is 381 g/mol. The Bertz CT molecular complexity index is 1170. The van der Waals surface area contributed by atoms with Gasteiger partial charge < -0.3 is 10.6 Å². The van der Waals surface area contributed by atoms with Crippen LogP contribution in [0.4, 0.5) is 10.5 Å². The Balaban J connectivity index is 1.56. The van der Waals surface area contributed by atoms with E-state index in [1.54, 1.807) is 6.20 Å². The number of benzene rings is 3. The molecule has 0 aliphatic heterocycles. The first kappa shape index (κ1) is 18.7. The molecule has 4 heteroatoms. The molecule has 0 radical (unpaired) electrons. The molecular weight excluding hydrogens is 358 g/mol. The van der Waals surface area contributed by atoms with Gasteiger partial charge in [0.2, 0.25) is 0 Å². The number of anilines is 1. The van der Waals surface area contributed by atoms with Gasteiger partial charge in [-0.3, -0.25) is 4.98 Å². The molecule has 4 nitrogen and oxygen atoms in total. The highest BCUT2D eigenvalue weighted by Crippen LogP contribution is 2.30. The quantitative estimate of drug-likeness (QED) is 0.466. The third-order valence-electron chi connectivity index (χ3n) is 5.29. The molecule has 0 bridgehead atoms. The summed E-state index contributed by atoms with van der Waals surface area (Å²) in [7, 11) is 0. The van der Waals surface area contributed by atoms with Crippen molar-refractivity contribution in [2.75, 3.05) is 5.32 Å². The van der Waals surface area contributed by atoms with Gasteiger partial charge in [0.1, 0.15) is 0 Å². The molecule has 4 rings (SSSR count). The number of nitrogens with zero attached hydrogens (tertiary/aromatic N) is 1. The summed E-state index contributed by atoms with van der Waals surface area (Å²) < 4.78 is 0. The maximum absolute atomic E-state index is 12.4. The molecule has 0 atom stereocenters. The third-order valence-corrected chi connectivity index (χ3v) is 5.29. The van der Waals surface area contributed by atoms with E-state index in [2.05, 4.69) is 39.9 Å². The first-order valence-electron chi connectivity index (χ1n) is 9.65. The second kappa shape index (κ2) is 8.15. The Kier molecular flexibility index (Phi) is 5.25. The summed E-state index contributed by atoms with van der Waals surface area (Å²) in [6, 6.07) is 22.2. The Hall–Kier alpha value is -3.66. The molecule has 144 valence electrons. The summed E-state index contributed by atoms with van der Waals surface area (Å²) in [5.41, 5.74) is 6.40. The van der Waals surface area contributed by atoms with Gasteiger partial charge in [0.05, 0.1) is 0 Å². The highest BCUT2D eigenvalue weighted by Gasteiger charge is 2.10. The van der Waals surface area contributed by atoms with E-state index >= 15 is 0 Å². The number of carbonyl (C=O) groups excluding carboxylic acids is 1. The number of aromatic nitrogens is 1. The first-order chi connectivity index (χ1) is 14.1. The molecule has 0 unspecified atom stereocenters. The van der Waals surface area contributed by atoms with Gasteiger partial charge in [-0.05, 0) is 59.2 Å². The number of hydrogen-bond acceptors (Lipinski definition) is 2. The third kappa shape index (κ3) is 3.97. The molecule has 1 heterocycles. The number of aryl methyl sites for hydroxylation is 1. The highest BCUT2D eigenvalue weighted by molar-refractivity contribution is 5.98. The van der Waals surface area contributed by atoms with Gasteiger partial charge in [-0.2, -0.15) is 0 Å². The van der Waals surface area contributed by atoms with Gasteiger partial charge in [-0.25, -0.2) is 4.79 Å². The molecule has 3 aromatic carbocycles. The lowest BCUT2D eigenvalue weighted by molar-refractivity contribution is 0.252. The van der Waals surface area contributed by atoms with E-state index < -0.39 is 0 Å². The minimum absolute atomic E-state index is 0.220. The molecule has 2 N–H and O–H groups in total. The number of fused-ring (bicyclic) bond motifs is 1. The minimum Gasteiger partial charge on any atom is -0.334 e. The Morgan fingerprint density at radius 3 is 2.55 bits per heavy atom. The maximum atomic E-state index is 12.4. The van der Waals surface area contributed by atoms with Crippen LogP contribution in [0.3, 0.4) is 0 Å². The maximum Gasteiger partial charge on any atom is 0.319 e. The number of amides is 2. The fourth-order valence-electron chi connectivity index (χ4n) is 3.50. The van der Waals surface area contributed by atoms with Crippen LogP contribution in [0.2, 0.25) is 0 Å². The summed E-state index contributed by atoms with van der Waals surface area (Å²) in [6.07, 6.45) is 3.67. The summed E-state index contributed by atoms with van der Waals surface area (Å²) in [5, 5.41) is 8.08. The van der Waals surface area contributed by atoms with Gasteiger partial charge >= 0.3 is 6.03 Å². The molecule has 29 heavy (non-hydrogen) atoms. The predicted octanol–water partition coefficient (Wildman–Crippen LogP) is 5.84. The van der Waals surface area contributed by atoms with Crippen molar-refractivity contribution in [3.8, 4) is 11.1 Å². The van der Waals surface area contributed by atoms with Crippen LogP contribution >= 0.6 is 0 Å². The van der Waals surface area contributed by atoms with Crippen molar-refractivity contribution >= 4 is 22.5 Å². The van der Waals surface area contributed by atoms with Gasteiger partial charge in [0, 0.05) is 30.0 Å². The number of carbonyl (C=O) groups is 1. The van der Waals surface area contributed by atoms with Crippen molar-refractivity contribution in [2.45, 2.75) is 20.4 Å². The van der Waals surface area contributed by atoms with Gasteiger partial charge in [0.15, 0.2) is 0 Å². The molecule has 0 aliphatic carbocycles. The van der Waals surface area contributed by atoms with Crippen LogP contribution in [0.1, 0.15) is 16.7 Å². The fraction of sp³-hybridized carbons (Fsp3) is 0.120. The molecule has 1 aromatic heterocycles. The average Bonchev–Trinajstić information content (AvgIpc) is 2.76. The smallest absolute Gasteiger partial charge is 0.319 e. The lowest BCUT2D eigenvalue weighted by Gasteiger charge is -2.14. The van der Waals surface area contributed by atoms with Gasteiger partial charge in [-0.1, -0.05) is 54.6 Å². The van der Waals surface area contributed by atoms with Crippen LogP contribution < -0.4 is 10.6 Å². The van der Waals surface area contributed by atoms with E-state index in [0.717, 1.165) is 44.3 Å².